The summed E-state index contributed by atoms with van der Waals surface area (Å²) in [6, 6.07) is 1.61. The van der Waals surface area contributed by atoms with Crippen molar-refractivity contribution in [2.24, 2.45) is 0 Å². The van der Waals surface area contributed by atoms with Crippen LogP contribution in [0.5, 0.6) is 0 Å². The van der Waals surface area contributed by atoms with E-state index in [0.29, 0.717) is 16.6 Å². The van der Waals surface area contributed by atoms with Crippen molar-refractivity contribution < 1.29 is 12.9 Å². The van der Waals surface area contributed by atoms with Gasteiger partial charge in [0.15, 0.2) is 5.13 Å². The minimum atomic E-state index is -3.52. The van der Waals surface area contributed by atoms with Gasteiger partial charge >= 0.3 is 0 Å². The summed E-state index contributed by atoms with van der Waals surface area (Å²) in [5, 5.41) is 7.33. The van der Waals surface area contributed by atoms with Crippen molar-refractivity contribution in [1.29, 1.82) is 0 Å². The van der Waals surface area contributed by atoms with E-state index < -0.39 is 10.0 Å². The van der Waals surface area contributed by atoms with Gasteiger partial charge in [-0.3, -0.25) is 4.72 Å². The van der Waals surface area contributed by atoms with Crippen LogP contribution >= 0.6 is 11.3 Å². The van der Waals surface area contributed by atoms with E-state index in [1.165, 1.54) is 11.3 Å². The lowest BCUT2D eigenvalue weighted by atomic mass is 10.2. The fourth-order valence-electron chi connectivity index (χ4n) is 2.02. The highest BCUT2D eigenvalue weighted by atomic mass is 32.2. The lowest BCUT2D eigenvalue weighted by Gasteiger charge is -2.09. The second-order valence-corrected chi connectivity index (χ2v) is 7.41. The Morgan fingerprint density at radius 2 is 2.40 bits per heavy atom. The van der Waals surface area contributed by atoms with Gasteiger partial charge in [-0.05, 0) is 6.92 Å². The van der Waals surface area contributed by atoms with Gasteiger partial charge in [0.1, 0.15) is 17.2 Å². The van der Waals surface area contributed by atoms with Crippen LogP contribution in [0, 0.1) is 6.92 Å². The van der Waals surface area contributed by atoms with Crippen LogP contribution in [-0.4, -0.2) is 25.1 Å². The van der Waals surface area contributed by atoms with E-state index in [0.717, 1.165) is 30.1 Å². The second-order valence-electron chi connectivity index (χ2n) is 4.61. The number of nitrogens with one attached hydrogen (secondary N) is 2. The van der Waals surface area contributed by atoms with Gasteiger partial charge in [-0.15, -0.1) is 0 Å². The molecule has 0 atom stereocenters. The summed E-state index contributed by atoms with van der Waals surface area (Å²) in [4.78, 5) is 5.42. The number of rotatable bonds is 4. The highest BCUT2D eigenvalue weighted by molar-refractivity contribution is 7.92. The van der Waals surface area contributed by atoms with Gasteiger partial charge in [0.2, 0.25) is 10.0 Å². The molecule has 2 aromatic heterocycles. The fraction of sp³-hybridized carbons (Fsp3) is 0.455. The highest BCUT2D eigenvalue weighted by Gasteiger charge is 2.20. The number of hydrogen-bond donors (Lipinski definition) is 2. The van der Waals surface area contributed by atoms with Crippen molar-refractivity contribution in [3.8, 4) is 0 Å². The molecular weight excluding hydrogens is 300 g/mol. The van der Waals surface area contributed by atoms with E-state index in [1.807, 2.05) is 0 Å². The first kappa shape index (κ1) is 13.5. The average Bonchev–Trinajstić information content (AvgIpc) is 2.93. The smallest absolute Gasteiger partial charge is 0.240 e. The van der Waals surface area contributed by atoms with Crippen LogP contribution in [0.3, 0.4) is 0 Å². The molecule has 20 heavy (non-hydrogen) atoms. The van der Waals surface area contributed by atoms with Crippen LogP contribution < -0.4 is 10.0 Å². The van der Waals surface area contributed by atoms with Crippen molar-refractivity contribution in [2.45, 2.75) is 25.6 Å². The molecule has 108 valence electrons. The van der Waals surface area contributed by atoms with Gasteiger partial charge in [-0.1, -0.05) is 16.5 Å². The Morgan fingerprint density at radius 1 is 1.55 bits per heavy atom. The molecule has 0 bridgehead atoms. The maximum absolute atomic E-state index is 12.0. The lowest BCUT2D eigenvalue weighted by molar-refractivity contribution is 0.392. The molecule has 3 rings (SSSR count). The molecule has 0 unspecified atom stereocenters. The number of thiazole rings is 1. The molecule has 0 spiro atoms. The summed E-state index contributed by atoms with van der Waals surface area (Å²) in [7, 11) is -3.52. The third kappa shape index (κ3) is 3.00. The van der Waals surface area contributed by atoms with Gasteiger partial charge in [-0.25, -0.2) is 13.4 Å². The molecule has 9 heteroatoms. The van der Waals surface area contributed by atoms with Crippen molar-refractivity contribution in [3.63, 3.8) is 0 Å². The molecule has 0 aromatic carbocycles. The largest absolute Gasteiger partial charge is 0.361 e. The molecule has 0 aliphatic carbocycles. The van der Waals surface area contributed by atoms with E-state index in [4.69, 9.17) is 4.52 Å². The molecule has 2 aromatic rings. The predicted molar refractivity (Wildman–Crippen MR) is 75.0 cm³/mol. The van der Waals surface area contributed by atoms with Crippen LogP contribution in [0.25, 0.3) is 0 Å². The number of hydrogen-bond acceptors (Lipinski definition) is 7. The lowest BCUT2D eigenvalue weighted by Crippen LogP contribution is -2.22. The summed E-state index contributed by atoms with van der Waals surface area (Å²) in [6.45, 7) is 3.34. The van der Waals surface area contributed by atoms with Gasteiger partial charge in [0.25, 0.3) is 0 Å². The number of fused-ring (bicyclic) bond motifs is 1. The van der Waals surface area contributed by atoms with Crippen molar-refractivity contribution in [1.82, 2.24) is 15.5 Å². The molecule has 0 radical (unpaired) electrons. The number of aromatic nitrogens is 2. The van der Waals surface area contributed by atoms with Gasteiger partial charge in [0.05, 0.1) is 5.69 Å². The van der Waals surface area contributed by atoms with E-state index in [-0.39, 0.29) is 5.75 Å². The van der Waals surface area contributed by atoms with Gasteiger partial charge < -0.3 is 9.84 Å². The monoisotopic (exact) mass is 314 g/mol. The summed E-state index contributed by atoms with van der Waals surface area (Å²) in [5.41, 5.74) is 1.36. The molecular formula is C11H14N4O3S2. The molecule has 1 aliphatic heterocycles. The Bertz CT molecular complexity index is 696. The molecule has 1 aliphatic rings. The Morgan fingerprint density at radius 3 is 3.10 bits per heavy atom. The summed E-state index contributed by atoms with van der Waals surface area (Å²) >= 11 is 1.37. The first-order chi connectivity index (χ1) is 9.52. The highest BCUT2D eigenvalue weighted by Crippen LogP contribution is 2.26. The Balaban J connectivity index is 1.74. The Hall–Kier alpha value is -1.45. The number of nitrogens with zero attached hydrogens (tertiary/aromatic N) is 2. The van der Waals surface area contributed by atoms with E-state index >= 15 is 0 Å². The third-order valence-electron chi connectivity index (χ3n) is 2.86. The van der Waals surface area contributed by atoms with Crippen molar-refractivity contribution >= 4 is 26.5 Å². The second kappa shape index (κ2) is 5.15. The summed E-state index contributed by atoms with van der Waals surface area (Å²) < 4.78 is 31.5. The first-order valence-corrected chi connectivity index (χ1v) is 8.61. The first-order valence-electron chi connectivity index (χ1n) is 6.14. The van der Waals surface area contributed by atoms with Crippen molar-refractivity contribution in [2.75, 3.05) is 11.3 Å². The summed E-state index contributed by atoms with van der Waals surface area (Å²) in [6.07, 6.45) is 0.829. The molecule has 3 heterocycles. The zero-order valence-electron chi connectivity index (χ0n) is 10.8. The van der Waals surface area contributed by atoms with Crippen LogP contribution in [0.4, 0.5) is 5.13 Å². The number of sulfonamides is 1. The Labute approximate surface area is 120 Å². The van der Waals surface area contributed by atoms with Crippen LogP contribution in [0.1, 0.15) is 22.0 Å². The minimum Gasteiger partial charge on any atom is -0.361 e. The van der Waals surface area contributed by atoms with Crippen LogP contribution in [0.15, 0.2) is 10.6 Å². The Kier molecular flexibility index (Phi) is 3.48. The van der Waals surface area contributed by atoms with E-state index in [2.05, 4.69) is 20.2 Å². The molecule has 2 N–H and O–H groups in total. The zero-order chi connectivity index (χ0) is 14.2. The van der Waals surface area contributed by atoms with Gasteiger partial charge in [-0.2, -0.15) is 0 Å². The quantitative estimate of drug-likeness (QED) is 0.875. The van der Waals surface area contributed by atoms with Crippen LogP contribution in [-0.2, 0) is 28.7 Å². The molecule has 0 amide bonds. The fourth-order valence-corrected chi connectivity index (χ4v) is 4.30. The number of aryl methyl sites for hydroxylation is 1. The summed E-state index contributed by atoms with van der Waals surface area (Å²) in [5.74, 6) is 0.373. The van der Waals surface area contributed by atoms with E-state index in [1.54, 1.807) is 13.0 Å². The molecule has 7 nitrogen and oxygen atoms in total. The van der Waals surface area contributed by atoms with Gasteiger partial charge in [0, 0.05) is 30.5 Å². The standard InChI is InChI=1S/C11H14N4O3S2/c1-7-4-8(14-18-7)6-20(16,17)15-11-13-9-2-3-12-5-10(9)19-11/h4,12H,2-3,5-6H2,1H3,(H,13,15). The molecule has 0 saturated carbocycles. The van der Waals surface area contributed by atoms with E-state index in [9.17, 15) is 8.42 Å². The number of anilines is 1. The zero-order valence-corrected chi connectivity index (χ0v) is 12.5. The maximum atomic E-state index is 12.0. The average molecular weight is 314 g/mol. The van der Waals surface area contributed by atoms with Crippen molar-refractivity contribution in [3.05, 3.63) is 28.1 Å². The maximum Gasteiger partial charge on any atom is 0.240 e. The molecule has 0 saturated heterocycles. The molecule has 0 fully saturated rings. The topological polar surface area (TPSA) is 97.1 Å². The SMILES string of the molecule is Cc1cc(CS(=O)(=O)Nc2nc3c(s2)CNCC3)no1. The third-order valence-corrected chi connectivity index (χ3v) is 5.18. The van der Waals surface area contributed by atoms with Crippen LogP contribution in [0.2, 0.25) is 0 Å². The predicted octanol–water partition coefficient (Wildman–Crippen LogP) is 1.03. The normalized spacial score (nSPS) is 15.1. The minimum absolute atomic E-state index is 0.215.